The van der Waals surface area contributed by atoms with Crippen molar-refractivity contribution in [2.45, 2.75) is 37.3 Å². The second-order valence-electron chi connectivity index (χ2n) is 5.52. The number of carbonyl (C=O) groups excluding carboxylic acids is 1. The molecule has 1 heterocycles. The molecule has 0 aliphatic carbocycles. The van der Waals surface area contributed by atoms with Gasteiger partial charge < -0.3 is 10.6 Å². The summed E-state index contributed by atoms with van der Waals surface area (Å²) in [6, 6.07) is 10.6. The van der Waals surface area contributed by atoms with Crippen molar-refractivity contribution in [3.8, 4) is 0 Å². The minimum absolute atomic E-state index is 0.00988. The zero-order valence-corrected chi connectivity index (χ0v) is 13.1. The van der Waals surface area contributed by atoms with Crippen LogP contribution in [0.25, 0.3) is 0 Å². The number of rotatable bonds is 5. The molecule has 0 aromatic heterocycles. The summed E-state index contributed by atoms with van der Waals surface area (Å²) in [6.45, 7) is 6.16. The molecule has 3 atom stereocenters. The number of hydrogen-bond acceptors (Lipinski definition) is 3. The monoisotopic (exact) mass is 292 g/mol. The van der Waals surface area contributed by atoms with Crippen molar-refractivity contribution in [2.24, 2.45) is 5.92 Å². The molecule has 2 N–H and O–H groups in total. The Balaban J connectivity index is 1.77. The standard InChI is InChI=1S/C16H24N2OS/c1-12-8-9-17-10-15(12)18-16(19)13(2)20-11-14-6-4-3-5-7-14/h3-7,12-13,15,17H,8-11H2,1-2H3,(H,18,19). The van der Waals surface area contributed by atoms with E-state index in [1.807, 2.05) is 25.1 Å². The maximum atomic E-state index is 12.2. The van der Waals surface area contributed by atoms with E-state index in [0.29, 0.717) is 5.92 Å². The quantitative estimate of drug-likeness (QED) is 0.876. The second-order valence-corrected chi connectivity index (χ2v) is 6.85. The highest BCUT2D eigenvalue weighted by molar-refractivity contribution is 7.99. The first-order valence-electron chi connectivity index (χ1n) is 7.33. The highest BCUT2D eigenvalue weighted by atomic mass is 32.2. The number of carbonyl (C=O) groups is 1. The number of nitrogens with one attached hydrogen (secondary N) is 2. The smallest absolute Gasteiger partial charge is 0.233 e. The van der Waals surface area contributed by atoms with Gasteiger partial charge in [-0.15, -0.1) is 11.8 Å². The van der Waals surface area contributed by atoms with Crippen LogP contribution < -0.4 is 10.6 Å². The van der Waals surface area contributed by atoms with Crippen molar-refractivity contribution in [1.82, 2.24) is 10.6 Å². The molecule has 1 aromatic rings. The van der Waals surface area contributed by atoms with Crippen molar-refractivity contribution in [3.63, 3.8) is 0 Å². The summed E-state index contributed by atoms with van der Waals surface area (Å²) in [5.41, 5.74) is 1.27. The molecule has 3 nitrogen and oxygen atoms in total. The van der Waals surface area contributed by atoms with E-state index < -0.39 is 0 Å². The van der Waals surface area contributed by atoms with Gasteiger partial charge in [-0.1, -0.05) is 37.3 Å². The maximum absolute atomic E-state index is 12.2. The molecule has 3 unspecified atom stereocenters. The Hall–Kier alpha value is -1.00. The van der Waals surface area contributed by atoms with Gasteiger partial charge in [-0.2, -0.15) is 0 Å². The third-order valence-electron chi connectivity index (χ3n) is 3.87. The van der Waals surface area contributed by atoms with Crippen LogP contribution in [0, 0.1) is 5.92 Å². The van der Waals surface area contributed by atoms with Crippen LogP contribution in [-0.2, 0) is 10.5 Å². The largest absolute Gasteiger partial charge is 0.351 e. The van der Waals surface area contributed by atoms with Crippen LogP contribution in [0.3, 0.4) is 0 Å². The van der Waals surface area contributed by atoms with Gasteiger partial charge in [0.25, 0.3) is 0 Å². The summed E-state index contributed by atoms with van der Waals surface area (Å²) in [5.74, 6) is 1.60. The van der Waals surface area contributed by atoms with Crippen LogP contribution in [0.15, 0.2) is 30.3 Å². The molecule has 1 amide bonds. The van der Waals surface area contributed by atoms with Crippen LogP contribution in [0.5, 0.6) is 0 Å². The zero-order chi connectivity index (χ0) is 14.4. The molecule has 1 saturated heterocycles. The van der Waals surface area contributed by atoms with Crippen molar-refractivity contribution in [1.29, 1.82) is 0 Å². The second kappa shape index (κ2) is 7.70. The van der Waals surface area contributed by atoms with E-state index in [2.05, 4.69) is 29.7 Å². The molecule has 110 valence electrons. The summed E-state index contributed by atoms with van der Waals surface area (Å²) in [6.07, 6.45) is 1.14. The predicted octanol–water partition coefficient (Wildman–Crippen LogP) is 2.42. The fourth-order valence-corrected chi connectivity index (χ4v) is 3.21. The number of benzene rings is 1. The molecule has 1 aliphatic rings. The number of hydrogen-bond donors (Lipinski definition) is 2. The molecule has 0 bridgehead atoms. The molecular formula is C16H24N2OS. The average Bonchev–Trinajstić information content (AvgIpc) is 2.48. The fraction of sp³-hybridized carbons (Fsp3) is 0.562. The highest BCUT2D eigenvalue weighted by Gasteiger charge is 2.24. The van der Waals surface area contributed by atoms with E-state index in [1.54, 1.807) is 11.8 Å². The van der Waals surface area contributed by atoms with Crippen molar-refractivity contribution in [3.05, 3.63) is 35.9 Å². The van der Waals surface area contributed by atoms with Gasteiger partial charge in [0.2, 0.25) is 5.91 Å². The number of amides is 1. The number of piperidine rings is 1. The summed E-state index contributed by atoms with van der Waals surface area (Å²) in [7, 11) is 0. The molecule has 0 spiro atoms. The SMILES string of the molecule is CC(SCc1ccccc1)C(=O)NC1CNCCC1C. The van der Waals surface area contributed by atoms with E-state index in [9.17, 15) is 4.79 Å². The van der Waals surface area contributed by atoms with E-state index in [-0.39, 0.29) is 17.2 Å². The summed E-state index contributed by atoms with van der Waals surface area (Å²) < 4.78 is 0. The molecule has 0 radical (unpaired) electrons. The van der Waals surface area contributed by atoms with E-state index >= 15 is 0 Å². The third kappa shape index (κ3) is 4.53. The third-order valence-corrected chi connectivity index (χ3v) is 5.08. The molecular weight excluding hydrogens is 268 g/mol. The summed E-state index contributed by atoms with van der Waals surface area (Å²) >= 11 is 1.69. The van der Waals surface area contributed by atoms with E-state index in [4.69, 9.17) is 0 Å². The minimum Gasteiger partial charge on any atom is -0.351 e. The van der Waals surface area contributed by atoms with Gasteiger partial charge in [-0.3, -0.25) is 4.79 Å². The Morgan fingerprint density at radius 3 is 2.90 bits per heavy atom. The van der Waals surface area contributed by atoms with Crippen LogP contribution in [0.1, 0.15) is 25.8 Å². The van der Waals surface area contributed by atoms with Gasteiger partial charge >= 0.3 is 0 Å². The Morgan fingerprint density at radius 1 is 1.45 bits per heavy atom. The Labute approximate surface area is 125 Å². The van der Waals surface area contributed by atoms with Gasteiger partial charge in [0.15, 0.2) is 0 Å². The van der Waals surface area contributed by atoms with Gasteiger partial charge in [-0.05, 0) is 31.4 Å². The van der Waals surface area contributed by atoms with Crippen molar-refractivity contribution in [2.75, 3.05) is 13.1 Å². The van der Waals surface area contributed by atoms with Gasteiger partial charge in [0, 0.05) is 18.3 Å². The number of thioether (sulfide) groups is 1. The first-order valence-corrected chi connectivity index (χ1v) is 8.38. The average molecular weight is 292 g/mol. The molecule has 1 aliphatic heterocycles. The summed E-state index contributed by atoms with van der Waals surface area (Å²) in [5, 5.41) is 6.52. The molecule has 0 saturated carbocycles. The fourth-order valence-electron chi connectivity index (χ4n) is 2.35. The normalized spacial score (nSPS) is 24.1. The molecule has 4 heteroatoms. The Morgan fingerprint density at radius 2 is 2.20 bits per heavy atom. The Bertz CT molecular complexity index is 424. The van der Waals surface area contributed by atoms with Gasteiger partial charge in [-0.25, -0.2) is 0 Å². The summed E-state index contributed by atoms with van der Waals surface area (Å²) in [4.78, 5) is 12.2. The predicted molar refractivity (Wildman–Crippen MR) is 85.8 cm³/mol. The maximum Gasteiger partial charge on any atom is 0.233 e. The lowest BCUT2D eigenvalue weighted by atomic mass is 9.95. The van der Waals surface area contributed by atoms with Crippen LogP contribution in [0.2, 0.25) is 0 Å². The topological polar surface area (TPSA) is 41.1 Å². The van der Waals surface area contributed by atoms with Gasteiger partial charge in [0.1, 0.15) is 0 Å². The van der Waals surface area contributed by atoms with Crippen LogP contribution in [-0.4, -0.2) is 30.3 Å². The highest BCUT2D eigenvalue weighted by Crippen LogP contribution is 2.18. The molecule has 2 rings (SSSR count). The van der Waals surface area contributed by atoms with Crippen LogP contribution >= 0.6 is 11.8 Å². The first-order chi connectivity index (χ1) is 9.66. The lowest BCUT2D eigenvalue weighted by Crippen LogP contribution is -2.51. The lowest BCUT2D eigenvalue weighted by Gasteiger charge is -2.31. The van der Waals surface area contributed by atoms with Crippen molar-refractivity contribution < 1.29 is 4.79 Å². The van der Waals surface area contributed by atoms with Crippen molar-refractivity contribution >= 4 is 17.7 Å². The minimum atomic E-state index is -0.00988. The van der Waals surface area contributed by atoms with E-state index in [0.717, 1.165) is 25.3 Å². The zero-order valence-electron chi connectivity index (χ0n) is 12.3. The lowest BCUT2D eigenvalue weighted by molar-refractivity contribution is -0.121. The Kier molecular flexibility index (Phi) is 5.92. The molecule has 1 fully saturated rings. The van der Waals surface area contributed by atoms with Crippen LogP contribution in [0.4, 0.5) is 0 Å². The van der Waals surface area contributed by atoms with Gasteiger partial charge in [0.05, 0.1) is 5.25 Å². The van der Waals surface area contributed by atoms with E-state index in [1.165, 1.54) is 5.56 Å². The first kappa shape index (κ1) is 15.4. The molecule has 20 heavy (non-hydrogen) atoms. The molecule has 1 aromatic carbocycles.